The van der Waals surface area contributed by atoms with Crippen molar-refractivity contribution in [2.75, 3.05) is 0 Å². The van der Waals surface area contributed by atoms with Crippen LogP contribution in [0.4, 0.5) is 0 Å². The van der Waals surface area contributed by atoms with Gasteiger partial charge in [0.15, 0.2) is 0 Å². The van der Waals surface area contributed by atoms with E-state index in [4.69, 9.17) is 0 Å². The molecule has 0 fully saturated rings. The van der Waals surface area contributed by atoms with Crippen LogP contribution in [-0.4, -0.2) is 0 Å². The summed E-state index contributed by atoms with van der Waals surface area (Å²) in [5.74, 6) is 0.652. The number of hydrogen-bond acceptors (Lipinski definition) is 0. The zero-order chi connectivity index (χ0) is 11.4. The first kappa shape index (κ1) is 15.0. The van der Waals surface area contributed by atoms with E-state index in [0.29, 0.717) is 5.92 Å². The number of rotatable bonds is 11. The van der Waals surface area contributed by atoms with Gasteiger partial charge in [0.05, 0.1) is 0 Å². The maximum absolute atomic E-state index is 4.01. The van der Waals surface area contributed by atoms with Crippen LogP contribution in [0.5, 0.6) is 0 Å². The lowest BCUT2D eigenvalue weighted by Crippen LogP contribution is -1.87. The van der Waals surface area contributed by atoms with E-state index in [9.17, 15) is 0 Å². The first-order chi connectivity index (χ1) is 7.27. The maximum atomic E-state index is 4.01. The largest absolute Gasteiger partial charge is 0.0654 e. The number of hydrogen-bond donors (Lipinski definition) is 0. The summed E-state index contributed by atoms with van der Waals surface area (Å²) >= 11 is 0. The molecule has 91 valence electrons. The van der Waals surface area contributed by atoms with Gasteiger partial charge in [-0.25, -0.2) is 0 Å². The molecule has 0 saturated carbocycles. The van der Waals surface area contributed by atoms with E-state index in [1.807, 2.05) is 0 Å². The third-order valence-corrected chi connectivity index (χ3v) is 3.05. The first-order valence-electron chi connectivity index (χ1n) is 7.10. The fourth-order valence-electron chi connectivity index (χ4n) is 1.98. The van der Waals surface area contributed by atoms with E-state index in [0.717, 1.165) is 0 Å². The quantitative estimate of drug-likeness (QED) is 0.381. The molecule has 0 unspecified atom stereocenters. The Kier molecular flexibility index (Phi) is 12.1. The molecule has 0 bridgehead atoms. The third kappa shape index (κ3) is 14.0. The normalized spacial score (nSPS) is 11.2. The van der Waals surface area contributed by atoms with Crippen LogP contribution in [0.1, 0.15) is 84.5 Å². The van der Waals surface area contributed by atoms with Crippen LogP contribution in [0.25, 0.3) is 0 Å². The van der Waals surface area contributed by atoms with Gasteiger partial charge in [-0.15, -0.1) is 0 Å². The highest BCUT2D eigenvalue weighted by Gasteiger charge is 1.95. The third-order valence-electron chi connectivity index (χ3n) is 3.05. The van der Waals surface area contributed by atoms with Gasteiger partial charge in [-0.3, -0.25) is 0 Å². The second-order valence-electron chi connectivity index (χ2n) is 5.08. The Morgan fingerprint density at radius 1 is 0.733 bits per heavy atom. The average molecular weight is 211 g/mol. The lowest BCUT2D eigenvalue weighted by atomic mass is 10.0. The van der Waals surface area contributed by atoms with Crippen molar-refractivity contribution in [1.29, 1.82) is 0 Å². The van der Waals surface area contributed by atoms with Crippen molar-refractivity contribution in [1.82, 2.24) is 0 Å². The van der Waals surface area contributed by atoms with Gasteiger partial charge in [0.1, 0.15) is 0 Å². The van der Waals surface area contributed by atoms with Crippen LogP contribution in [0.3, 0.4) is 0 Å². The molecular weight excluding hydrogens is 180 g/mol. The van der Waals surface area contributed by atoms with Gasteiger partial charge in [0, 0.05) is 0 Å². The van der Waals surface area contributed by atoms with Gasteiger partial charge >= 0.3 is 0 Å². The Labute approximate surface area is 97.8 Å². The van der Waals surface area contributed by atoms with E-state index < -0.39 is 0 Å². The SMILES string of the molecule is [CH2][C@H](C)CCCCCCCCCCCC. The highest BCUT2D eigenvalue weighted by Crippen LogP contribution is 2.13. The molecule has 1 atom stereocenters. The van der Waals surface area contributed by atoms with Gasteiger partial charge in [0.2, 0.25) is 0 Å². The molecular formula is C15H31. The van der Waals surface area contributed by atoms with E-state index in [1.165, 1.54) is 70.6 Å². The van der Waals surface area contributed by atoms with Crippen LogP contribution in [0.15, 0.2) is 0 Å². The Morgan fingerprint density at radius 3 is 1.53 bits per heavy atom. The summed E-state index contributed by atoms with van der Waals surface area (Å²) in [4.78, 5) is 0. The van der Waals surface area contributed by atoms with Crippen LogP contribution < -0.4 is 0 Å². The molecule has 1 radical (unpaired) electrons. The summed E-state index contributed by atoms with van der Waals surface area (Å²) in [6, 6.07) is 0. The van der Waals surface area contributed by atoms with Crippen molar-refractivity contribution in [2.24, 2.45) is 5.92 Å². The molecule has 0 aromatic heterocycles. The van der Waals surface area contributed by atoms with Crippen molar-refractivity contribution in [3.63, 3.8) is 0 Å². The van der Waals surface area contributed by atoms with Gasteiger partial charge in [-0.05, 0) is 5.92 Å². The lowest BCUT2D eigenvalue weighted by molar-refractivity contribution is 0.525. The fourth-order valence-corrected chi connectivity index (χ4v) is 1.98. The summed E-state index contributed by atoms with van der Waals surface area (Å²) in [7, 11) is 0. The van der Waals surface area contributed by atoms with Crippen molar-refractivity contribution in [2.45, 2.75) is 84.5 Å². The van der Waals surface area contributed by atoms with Crippen molar-refractivity contribution in [3.05, 3.63) is 6.92 Å². The second kappa shape index (κ2) is 12.1. The minimum Gasteiger partial charge on any atom is -0.0654 e. The molecule has 0 nitrogen and oxygen atoms in total. The van der Waals surface area contributed by atoms with Crippen LogP contribution >= 0.6 is 0 Å². The predicted octanol–water partition coefficient (Wildman–Crippen LogP) is 5.77. The molecule has 0 heteroatoms. The highest BCUT2D eigenvalue weighted by molar-refractivity contribution is 4.54. The fraction of sp³-hybridized carbons (Fsp3) is 0.933. The molecule has 0 aliphatic heterocycles. The monoisotopic (exact) mass is 211 g/mol. The highest BCUT2D eigenvalue weighted by atomic mass is 14.0. The molecule has 0 aliphatic carbocycles. The molecule has 0 N–H and O–H groups in total. The van der Waals surface area contributed by atoms with Gasteiger partial charge < -0.3 is 0 Å². The van der Waals surface area contributed by atoms with E-state index in [1.54, 1.807) is 0 Å². The zero-order valence-electron chi connectivity index (χ0n) is 11.1. The summed E-state index contributed by atoms with van der Waals surface area (Å²) < 4.78 is 0. The lowest BCUT2D eigenvalue weighted by Gasteiger charge is -2.04. The van der Waals surface area contributed by atoms with Crippen LogP contribution in [0, 0.1) is 12.8 Å². The molecule has 0 spiro atoms. The van der Waals surface area contributed by atoms with Gasteiger partial charge in [-0.1, -0.05) is 91.4 Å². The molecule has 0 aromatic carbocycles. The Hall–Kier alpha value is 0. The smallest absolute Gasteiger partial charge is 0.0443 e. The minimum absolute atomic E-state index is 0.652. The molecule has 0 aliphatic rings. The van der Waals surface area contributed by atoms with Crippen molar-refractivity contribution >= 4 is 0 Å². The second-order valence-corrected chi connectivity index (χ2v) is 5.08. The van der Waals surface area contributed by atoms with Crippen molar-refractivity contribution < 1.29 is 0 Å². The Bertz CT molecular complexity index is 105. The molecule has 15 heavy (non-hydrogen) atoms. The zero-order valence-corrected chi connectivity index (χ0v) is 11.1. The molecule has 0 heterocycles. The summed E-state index contributed by atoms with van der Waals surface area (Å²) in [6.07, 6.45) is 15.7. The average Bonchev–Trinajstić information content (AvgIpc) is 2.20. The molecule has 0 rings (SSSR count). The first-order valence-corrected chi connectivity index (χ1v) is 7.10. The minimum atomic E-state index is 0.652. The maximum Gasteiger partial charge on any atom is -0.0443 e. The molecule has 0 saturated heterocycles. The summed E-state index contributed by atoms with van der Waals surface area (Å²) in [5, 5.41) is 0. The topological polar surface area (TPSA) is 0 Å². The van der Waals surface area contributed by atoms with Crippen molar-refractivity contribution in [3.8, 4) is 0 Å². The Balaban J connectivity index is 2.87. The molecule has 0 aromatic rings. The number of unbranched alkanes of at least 4 members (excludes halogenated alkanes) is 9. The van der Waals surface area contributed by atoms with Gasteiger partial charge in [-0.2, -0.15) is 0 Å². The summed E-state index contributed by atoms with van der Waals surface area (Å²) in [6.45, 7) is 8.51. The summed E-state index contributed by atoms with van der Waals surface area (Å²) in [5.41, 5.74) is 0. The van der Waals surface area contributed by atoms with Crippen LogP contribution in [-0.2, 0) is 0 Å². The van der Waals surface area contributed by atoms with E-state index in [-0.39, 0.29) is 0 Å². The van der Waals surface area contributed by atoms with Crippen LogP contribution in [0.2, 0.25) is 0 Å². The predicted molar refractivity (Wildman–Crippen MR) is 71.0 cm³/mol. The van der Waals surface area contributed by atoms with E-state index in [2.05, 4.69) is 20.8 Å². The Morgan fingerprint density at radius 2 is 1.13 bits per heavy atom. The molecule has 0 amide bonds. The standard InChI is InChI=1S/C15H31/c1-4-5-6-7-8-9-10-11-12-13-14-15(2)3/h15H,2,4-14H2,1,3H3/t15-/m1/s1. The van der Waals surface area contributed by atoms with Gasteiger partial charge in [0.25, 0.3) is 0 Å². The van der Waals surface area contributed by atoms with E-state index >= 15 is 0 Å².